The summed E-state index contributed by atoms with van der Waals surface area (Å²) in [5.41, 5.74) is 2.29. The van der Waals surface area contributed by atoms with Crippen molar-refractivity contribution in [3.8, 4) is 5.75 Å². The molecule has 0 saturated carbocycles. The SMILES string of the molecule is COc1ccc(C)cc1CCNC(=O)C(C)Sc1ccc(Cl)cc1. The van der Waals surface area contributed by atoms with Crippen molar-refractivity contribution in [1.82, 2.24) is 5.32 Å². The minimum atomic E-state index is -0.161. The van der Waals surface area contributed by atoms with Crippen molar-refractivity contribution >= 4 is 29.3 Å². The average Bonchev–Trinajstić information content (AvgIpc) is 2.57. The Labute approximate surface area is 152 Å². The van der Waals surface area contributed by atoms with E-state index in [1.54, 1.807) is 7.11 Å². The molecule has 2 rings (SSSR count). The van der Waals surface area contributed by atoms with Crippen LogP contribution in [0, 0.1) is 6.92 Å². The number of ether oxygens (including phenoxy) is 1. The predicted octanol–water partition coefficient (Wildman–Crippen LogP) is 4.50. The van der Waals surface area contributed by atoms with Crippen molar-refractivity contribution in [3.05, 3.63) is 58.6 Å². The first-order valence-corrected chi connectivity index (χ1v) is 9.09. The normalized spacial score (nSPS) is 11.8. The number of benzene rings is 2. The molecule has 1 unspecified atom stereocenters. The number of thioether (sulfide) groups is 1. The summed E-state index contributed by atoms with van der Waals surface area (Å²) in [4.78, 5) is 13.3. The Hall–Kier alpha value is -1.65. The van der Waals surface area contributed by atoms with E-state index in [0.717, 1.165) is 22.6 Å². The molecule has 0 heterocycles. The molecule has 0 fully saturated rings. The highest BCUT2D eigenvalue weighted by Crippen LogP contribution is 2.25. The maximum absolute atomic E-state index is 12.2. The second kappa shape index (κ2) is 9.00. The maximum atomic E-state index is 12.2. The molecule has 5 heteroatoms. The van der Waals surface area contributed by atoms with E-state index in [1.165, 1.54) is 17.3 Å². The van der Waals surface area contributed by atoms with Gasteiger partial charge in [-0.05, 0) is 56.2 Å². The van der Waals surface area contributed by atoms with Crippen LogP contribution in [0.25, 0.3) is 0 Å². The third-order valence-corrected chi connectivity index (χ3v) is 4.99. The lowest BCUT2D eigenvalue weighted by Gasteiger charge is -2.13. The highest BCUT2D eigenvalue weighted by atomic mass is 35.5. The number of amides is 1. The van der Waals surface area contributed by atoms with E-state index in [9.17, 15) is 4.79 Å². The number of methoxy groups -OCH3 is 1. The van der Waals surface area contributed by atoms with Crippen molar-refractivity contribution in [2.45, 2.75) is 30.4 Å². The molecule has 0 saturated heterocycles. The van der Waals surface area contributed by atoms with E-state index in [2.05, 4.69) is 11.4 Å². The summed E-state index contributed by atoms with van der Waals surface area (Å²) < 4.78 is 5.37. The minimum absolute atomic E-state index is 0.0292. The highest BCUT2D eigenvalue weighted by Gasteiger charge is 2.14. The number of rotatable bonds is 7. The zero-order valence-electron chi connectivity index (χ0n) is 14.1. The van der Waals surface area contributed by atoms with Crippen molar-refractivity contribution < 1.29 is 9.53 Å². The van der Waals surface area contributed by atoms with Crippen LogP contribution >= 0.6 is 23.4 Å². The Kier molecular flexibility index (Phi) is 7.00. The molecule has 128 valence electrons. The molecular weight excluding hydrogens is 342 g/mol. The van der Waals surface area contributed by atoms with Crippen LogP contribution < -0.4 is 10.1 Å². The molecule has 3 nitrogen and oxygen atoms in total. The molecular formula is C19H22ClNO2S. The van der Waals surface area contributed by atoms with Crippen LogP contribution in [0.1, 0.15) is 18.1 Å². The lowest BCUT2D eigenvalue weighted by atomic mass is 10.1. The highest BCUT2D eigenvalue weighted by molar-refractivity contribution is 8.00. The molecule has 24 heavy (non-hydrogen) atoms. The van der Waals surface area contributed by atoms with Gasteiger partial charge in [-0.2, -0.15) is 0 Å². The Morgan fingerprint density at radius 2 is 1.96 bits per heavy atom. The first-order valence-electron chi connectivity index (χ1n) is 7.83. The monoisotopic (exact) mass is 363 g/mol. The molecule has 0 aliphatic heterocycles. The fourth-order valence-electron chi connectivity index (χ4n) is 2.34. The first-order chi connectivity index (χ1) is 11.5. The molecule has 0 aliphatic rings. The van der Waals surface area contributed by atoms with E-state index in [4.69, 9.17) is 16.3 Å². The number of aryl methyl sites for hydroxylation is 1. The molecule has 0 spiro atoms. The zero-order valence-corrected chi connectivity index (χ0v) is 15.7. The maximum Gasteiger partial charge on any atom is 0.233 e. The fraction of sp³-hybridized carbons (Fsp3) is 0.316. The van der Waals surface area contributed by atoms with Gasteiger partial charge in [0, 0.05) is 16.5 Å². The summed E-state index contributed by atoms with van der Waals surface area (Å²) >= 11 is 7.40. The number of hydrogen-bond donors (Lipinski definition) is 1. The van der Waals surface area contributed by atoms with E-state index in [1.807, 2.05) is 50.2 Å². The van der Waals surface area contributed by atoms with Gasteiger partial charge in [-0.3, -0.25) is 4.79 Å². The largest absolute Gasteiger partial charge is 0.496 e. The number of carbonyl (C=O) groups excluding carboxylic acids is 1. The van der Waals surface area contributed by atoms with Crippen LogP contribution in [0.15, 0.2) is 47.4 Å². The van der Waals surface area contributed by atoms with Gasteiger partial charge in [-0.15, -0.1) is 11.8 Å². The van der Waals surface area contributed by atoms with E-state index in [0.29, 0.717) is 11.6 Å². The molecule has 1 amide bonds. The summed E-state index contributed by atoms with van der Waals surface area (Å²) in [7, 11) is 1.66. The molecule has 0 radical (unpaired) electrons. The van der Waals surface area contributed by atoms with Crippen molar-refractivity contribution in [2.24, 2.45) is 0 Å². The third kappa shape index (κ3) is 5.46. The van der Waals surface area contributed by atoms with E-state index in [-0.39, 0.29) is 11.2 Å². The van der Waals surface area contributed by atoms with Gasteiger partial charge in [0.25, 0.3) is 0 Å². The van der Waals surface area contributed by atoms with Crippen LogP contribution in [0.2, 0.25) is 5.02 Å². The van der Waals surface area contributed by atoms with Gasteiger partial charge in [0.1, 0.15) is 5.75 Å². The molecule has 0 aliphatic carbocycles. The zero-order chi connectivity index (χ0) is 17.5. The number of halogens is 1. The number of hydrogen-bond acceptors (Lipinski definition) is 3. The van der Waals surface area contributed by atoms with Crippen LogP contribution in [0.5, 0.6) is 5.75 Å². The van der Waals surface area contributed by atoms with Gasteiger partial charge in [-0.25, -0.2) is 0 Å². The topological polar surface area (TPSA) is 38.3 Å². The standard InChI is InChI=1S/C19H22ClNO2S/c1-13-4-9-18(23-3)15(12-13)10-11-21-19(22)14(2)24-17-7-5-16(20)6-8-17/h4-9,12,14H,10-11H2,1-3H3,(H,21,22). The summed E-state index contributed by atoms with van der Waals surface area (Å²) in [5, 5.41) is 3.53. The third-order valence-electron chi connectivity index (χ3n) is 3.63. The lowest BCUT2D eigenvalue weighted by Crippen LogP contribution is -2.32. The second-order valence-electron chi connectivity index (χ2n) is 5.57. The molecule has 0 aromatic heterocycles. The average molecular weight is 364 g/mol. The fourth-order valence-corrected chi connectivity index (χ4v) is 3.36. The van der Waals surface area contributed by atoms with Gasteiger partial charge >= 0.3 is 0 Å². The summed E-state index contributed by atoms with van der Waals surface area (Å²) in [6, 6.07) is 13.6. The number of nitrogens with one attached hydrogen (secondary N) is 1. The molecule has 2 aromatic carbocycles. The van der Waals surface area contributed by atoms with Crippen LogP contribution in [-0.4, -0.2) is 24.8 Å². The number of carbonyl (C=O) groups is 1. The van der Waals surface area contributed by atoms with Gasteiger partial charge in [0.15, 0.2) is 0 Å². The van der Waals surface area contributed by atoms with E-state index < -0.39 is 0 Å². The lowest BCUT2D eigenvalue weighted by molar-refractivity contribution is -0.120. The van der Waals surface area contributed by atoms with Gasteiger partial charge in [-0.1, -0.05) is 29.3 Å². The minimum Gasteiger partial charge on any atom is -0.496 e. The quantitative estimate of drug-likeness (QED) is 0.736. The molecule has 0 bridgehead atoms. The second-order valence-corrected chi connectivity index (χ2v) is 7.42. The molecule has 2 aromatic rings. The smallest absolute Gasteiger partial charge is 0.233 e. The Bertz CT molecular complexity index is 688. The molecule has 1 N–H and O–H groups in total. The van der Waals surface area contributed by atoms with Crippen molar-refractivity contribution in [2.75, 3.05) is 13.7 Å². The first kappa shape index (κ1) is 18.7. The molecule has 1 atom stereocenters. The van der Waals surface area contributed by atoms with Gasteiger partial charge < -0.3 is 10.1 Å². The summed E-state index contributed by atoms with van der Waals surface area (Å²) in [5.74, 6) is 0.889. The Morgan fingerprint density at radius 1 is 1.25 bits per heavy atom. The van der Waals surface area contributed by atoms with Crippen molar-refractivity contribution in [3.63, 3.8) is 0 Å². The Morgan fingerprint density at radius 3 is 2.62 bits per heavy atom. The van der Waals surface area contributed by atoms with Gasteiger partial charge in [0.05, 0.1) is 12.4 Å². The van der Waals surface area contributed by atoms with Gasteiger partial charge in [0.2, 0.25) is 5.91 Å². The van der Waals surface area contributed by atoms with E-state index >= 15 is 0 Å². The summed E-state index contributed by atoms with van der Waals surface area (Å²) in [6.07, 6.45) is 0.745. The predicted molar refractivity (Wildman–Crippen MR) is 101 cm³/mol. The Balaban J connectivity index is 1.84. The van der Waals surface area contributed by atoms with Crippen molar-refractivity contribution in [1.29, 1.82) is 0 Å². The summed E-state index contributed by atoms with van der Waals surface area (Å²) in [6.45, 7) is 4.54. The van der Waals surface area contributed by atoms with Crippen LogP contribution in [0.3, 0.4) is 0 Å². The van der Waals surface area contributed by atoms with Crippen LogP contribution in [-0.2, 0) is 11.2 Å². The van der Waals surface area contributed by atoms with Crippen LogP contribution in [0.4, 0.5) is 0 Å².